The maximum Gasteiger partial charge on any atom is 0.333 e. The number of hydrogen-bond acceptors (Lipinski definition) is 41. The maximum absolute atomic E-state index is 17.2. The van der Waals surface area contributed by atoms with Gasteiger partial charge in [0.2, 0.25) is 60.1 Å². The Morgan fingerprint density at radius 1 is 0.464 bits per heavy atom. The van der Waals surface area contributed by atoms with Crippen molar-refractivity contribution in [1.82, 2.24) is 31.9 Å². The van der Waals surface area contributed by atoms with E-state index in [4.69, 9.17) is 89.4 Å². The van der Waals surface area contributed by atoms with Gasteiger partial charge in [-0.1, -0.05) is 41.9 Å². The van der Waals surface area contributed by atoms with Crippen LogP contribution in [0, 0.1) is 6.92 Å². The van der Waals surface area contributed by atoms with Crippen LogP contribution in [0.5, 0.6) is 69.0 Å². The molecule has 17 bridgehead atoms. The molecule has 138 heavy (non-hydrogen) atoms. The largest absolute Gasteiger partial charge is 0.508 e. The number of methoxy groups -OCH3 is 1. The number of halogens is 1. The van der Waals surface area contributed by atoms with Crippen LogP contribution in [0.15, 0.2) is 115 Å². The number of aromatic hydroxyl groups is 3. The van der Waals surface area contributed by atoms with E-state index in [1.54, 1.807) is 0 Å². The number of phenolic OH excluding ortho intramolecular Hbond substituents is 3. The number of fused-ring (bicyclic) bond motifs is 14. The zero-order chi connectivity index (χ0) is 98.9. The number of phenols is 3. The molecule has 742 valence electrons. The van der Waals surface area contributed by atoms with E-state index in [-0.39, 0.29) is 34.4 Å². The minimum atomic E-state index is -2.55. The van der Waals surface area contributed by atoms with E-state index in [1.165, 1.54) is 63.2 Å². The van der Waals surface area contributed by atoms with Crippen LogP contribution in [0.1, 0.15) is 101 Å². The van der Waals surface area contributed by atoms with Crippen molar-refractivity contribution in [2.75, 3.05) is 26.9 Å². The van der Waals surface area contributed by atoms with Crippen LogP contribution in [0.2, 0.25) is 5.02 Å². The van der Waals surface area contributed by atoms with Gasteiger partial charge in [-0.05, 0) is 133 Å². The molecule has 11 heterocycles. The van der Waals surface area contributed by atoms with Gasteiger partial charge in [-0.3, -0.25) is 28.8 Å². The molecule has 10 unspecified atom stereocenters. The Morgan fingerprint density at radius 2 is 0.993 bits per heavy atom. The first-order valence-electron chi connectivity index (χ1n) is 43.5. The van der Waals surface area contributed by atoms with Gasteiger partial charge in [0.05, 0.1) is 50.3 Å². The predicted molar refractivity (Wildman–Crippen MR) is 460 cm³/mol. The molecule has 0 aromatic heterocycles. The van der Waals surface area contributed by atoms with Gasteiger partial charge in [0.15, 0.2) is 41.6 Å². The number of ether oxygens (including phenoxy) is 14. The van der Waals surface area contributed by atoms with Crippen molar-refractivity contribution >= 4 is 53.0 Å². The van der Waals surface area contributed by atoms with E-state index in [0.29, 0.717) is 0 Å². The fourth-order valence-electron chi connectivity index (χ4n) is 17.4. The fraction of sp³-hybridized carbons (Fsp3) is 0.456. The summed E-state index contributed by atoms with van der Waals surface area (Å²) in [5, 5.41) is 218. The second-order valence-electron chi connectivity index (χ2n) is 34.6. The first-order valence-corrected chi connectivity index (χ1v) is 43.9. The minimum absolute atomic E-state index is 0.0225. The molecule has 18 rings (SSSR count). The summed E-state index contributed by atoms with van der Waals surface area (Å²) in [7, 11) is 0.881. The summed E-state index contributed by atoms with van der Waals surface area (Å²) < 4.78 is 86.7. The van der Waals surface area contributed by atoms with Crippen molar-refractivity contribution in [3.63, 3.8) is 0 Å². The summed E-state index contributed by atoms with van der Waals surface area (Å²) in [5.41, 5.74) is 9.86. The molecule has 6 amide bonds. The number of aliphatic hydroxyl groups is 15. The second kappa shape index (κ2) is 40.7. The Hall–Kier alpha value is -11.6. The Morgan fingerprint density at radius 3 is 1.62 bits per heavy atom. The molecule has 32 atom stereocenters. The highest BCUT2D eigenvalue weighted by Crippen LogP contribution is 2.51. The molecule has 28 N–H and O–H groups in total. The third kappa shape index (κ3) is 19.9. The molecule has 0 saturated carbocycles. The van der Waals surface area contributed by atoms with E-state index in [2.05, 4.69) is 31.9 Å². The number of nitrogens with two attached hydrogens (primary N) is 2. The molecule has 0 aliphatic carbocycles. The van der Waals surface area contributed by atoms with Crippen molar-refractivity contribution < 1.29 is 192 Å². The number of amides is 6. The number of aliphatic hydroxyl groups excluding tert-OH is 15. The topological polar surface area (TPSA) is 737 Å². The molecule has 47 nitrogen and oxygen atoms in total. The lowest BCUT2D eigenvalue weighted by atomic mass is 9.89. The van der Waals surface area contributed by atoms with Gasteiger partial charge in [-0.25, -0.2) is 4.79 Å². The van der Waals surface area contributed by atoms with E-state index >= 15 is 24.0 Å². The van der Waals surface area contributed by atoms with Gasteiger partial charge in [0.1, 0.15) is 174 Å². The summed E-state index contributed by atoms with van der Waals surface area (Å²) in [4.78, 5) is 113. The lowest BCUT2D eigenvalue weighted by Crippen LogP contribution is -2.61. The van der Waals surface area contributed by atoms with Crippen LogP contribution < -0.4 is 71.8 Å². The molecular formula is C90H101ClN8O39. The second-order valence-corrected chi connectivity index (χ2v) is 35.0. The normalized spacial score (nSPS) is 34.4. The number of esters is 1. The number of rotatable bonds is 14. The lowest BCUT2D eigenvalue weighted by molar-refractivity contribution is -0.318. The van der Waals surface area contributed by atoms with E-state index in [0.717, 1.165) is 79.9 Å². The van der Waals surface area contributed by atoms with Crippen LogP contribution >= 0.6 is 11.6 Å². The van der Waals surface area contributed by atoms with Crippen LogP contribution in [0.3, 0.4) is 0 Å². The van der Waals surface area contributed by atoms with Gasteiger partial charge in [0, 0.05) is 47.2 Å². The van der Waals surface area contributed by atoms with Crippen molar-refractivity contribution in [1.29, 1.82) is 0 Å². The Balaban J connectivity index is 0.941. The van der Waals surface area contributed by atoms with E-state index in [1.807, 2.05) is 0 Å². The summed E-state index contributed by atoms with van der Waals surface area (Å²) in [6.45, 7) is 1.28. The first-order chi connectivity index (χ1) is 65.7. The number of nitrogens with one attached hydrogen (secondary N) is 6. The van der Waals surface area contributed by atoms with Gasteiger partial charge in [0.25, 0.3) is 0 Å². The maximum atomic E-state index is 17.2. The summed E-state index contributed by atoms with van der Waals surface area (Å²) in [6.07, 6.45) is -46.1. The average Bonchev–Trinajstić information content (AvgIpc) is 0.761. The highest BCUT2D eigenvalue weighted by molar-refractivity contribution is 6.32. The Bertz CT molecular complexity index is 5740. The van der Waals surface area contributed by atoms with Crippen molar-refractivity contribution in [2.45, 2.75) is 229 Å². The Kier molecular flexibility index (Phi) is 29.3. The zero-order valence-corrected chi connectivity index (χ0v) is 73.9. The molecule has 0 radical (unpaired) electrons. The Labute approximate surface area is 786 Å². The number of benzene rings is 7. The van der Waals surface area contributed by atoms with Crippen LogP contribution in [0.25, 0.3) is 11.1 Å². The summed E-state index contributed by atoms with van der Waals surface area (Å²) in [6, 6.07) is 4.79. The van der Waals surface area contributed by atoms with Gasteiger partial charge in [-0.15, -0.1) is 0 Å². The molecule has 0 spiro atoms. The van der Waals surface area contributed by atoms with Crippen molar-refractivity contribution in [2.24, 2.45) is 11.5 Å². The summed E-state index contributed by atoms with van der Waals surface area (Å²) in [5.74, 6) is -16.7. The van der Waals surface area contributed by atoms with E-state index < -0.39 is 365 Å². The SMILES string of the molecule is COC(=O)C1NC(=O)C2NC(=O)C(NC(=O)C3NC(=O)C4NC(=O)C(Cc5ccc(cc5)Oc5cc3cc(c5OC3O[C@H](CO[C@@H]5O[C@@H](C)[C@H](O)[C@@H](O)[C@H]5O)[C@@H](O)[C@H](O)[C@H]3O)Oc3ccc(cc3Cl)C2OC2C[C@@H](N)[C@@H](O)[C@@H](C)O2)NC(=O)C(N)c2ccc(O)c(c2)Oc2cc4cc(O[C@@H]3O[C@H](CO)[C@@H](O)[C@H](O)[C@@H]3O)c2C)c2ccc(O)c(c2)-c2c(O[C@@H]3O[C@H](CO)[C@@H](O)[C@H](O)[C@@H]3O)cc(O)cc21. The third-order valence-electron chi connectivity index (χ3n) is 25.3. The fourth-order valence-corrected chi connectivity index (χ4v) is 17.6. The highest BCUT2D eigenvalue weighted by atomic mass is 35.5. The van der Waals surface area contributed by atoms with Gasteiger partial charge < -0.3 is 202 Å². The van der Waals surface area contributed by atoms with Crippen LogP contribution in [-0.4, -0.2) is 320 Å². The number of carbonyl (C=O) groups excluding carboxylic acids is 7. The minimum Gasteiger partial charge on any atom is -0.508 e. The first kappa shape index (κ1) is 99.4. The highest BCUT2D eigenvalue weighted by Gasteiger charge is 2.53. The quantitative estimate of drug-likeness (QED) is 0.0460. The molecule has 7 aromatic carbocycles. The molecule has 5 fully saturated rings. The standard InChI is InChI=1S/C90H101ClN8O39/c1-29-48-19-36(20-49(29)132-88-75(115)71(111)67(107)54(26-100)134-88)61-83(121)97-62-37-21-52(129-39-10-5-32(6-11-39)15-44(80(118)95-61)94-81(119)59(93)33-7-13-46(104)50(18-33)131-48)79(138-90-77(117)73(113)69(109)56(136-90)28-126-87-74(114)70(110)66(106)31(3)128-87)53(22-37)130-47-14-9-35(17-42(47)91)78(137-57-25-43(92)65(105)30(2)127-57)64-85(123)98-63(86(124)125-4)41-23-38(102)24-51(133-89-76(116)72(112)68(108)55(27-101)135-89)58(41)40-16-34(8-12-45(40)103)60(82(120)99-64)96-84(62)122/h5-14,16-24,30-31,43-44,54-57,59-78,87-90,100-117H,15,25-28,92-93H2,1-4H3,(H,94,119)(H,95,118)(H,96,122)(H,97,121)(H,98,123)(H,99,120)/t30-,31+,43-,44?,54-,55-,56-,57?,59?,60?,61?,62?,63?,64?,65+,66+,67-,68-,69-,70-,71+,72+,73+,74-,75+,76+,77-,78?,87-,88-,89-,90?/m1/s1. The van der Waals surface area contributed by atoms with Crippen LogP contribution in [0.4, 0.5) is 0 Å². The third-order valence-corrected chi connectivity index (χ3v) is 25.6. The smallest absolute Gasteiger partial charge is 0.333 e. The average molecular weight is 1950 g/mol. The van der Waals surface area contributed by atoms with E-state index in [9.17, 15) is 102 Å². The van der Waals surface area contributed by atoms with Crippen LogP contribution in [-0.2, 0) is 77.9 Å². The number of hydrogen-bond donors (Lipinski definition) is 26. The molecule has 7 aromatic rings. The molecule has 48 heteroatoms. The predicted octanol–water partition coefficient (Wildman–Crippen LogP) is -4.15. The molecule has 5 saturated heterocycles. The lowest BCUT2D eigenvalue weighted by Gasteiger charge is -2.42. The summed E-state index contributed by atoms with van der Waals surface area (Å²) >= 11 is 7.47. The van der Waals surface area contributed by atoms with Gasteiger partial charge >= 0.3 is 5.97 Å². The number of carbonyl (C=O) groups is 7. The molecule has 11 aliphatic rings. The monoisotopic (exact) mass is 1950 g/mol. The molecular weight excluding hydrogens is 1850 g/mol. The zero-order valence-electron chi connectivity index (χ0n) is 73.1. The van der Waals surface area contributed by atoms with Crippen molar-refractivity contribution in [3.8, 4) is 80.1 Å². The van der Waals surface area contributed by atoms with Crippen molar-refractivity contribution in [3.05, 3.63) is 165 Å². The van der Waals surface area contributed by atoms with Gasteiger partial charge in [-0.2, -0.15) is 0 Å². The molecule has 11 aliphatic heterocycles.